The normalized spacial score (nSPS) is 19.8. The summed E-state index contributed by atoms with van der Waals surface area (Å²) in [5.41, 5.74) is 7.32. The van der Waals surface area contributed by atoms with Crippen LogP contribution in [-0.4, -0.2) is 71.6 Å². The summed E-state index contributed by atoms with van der Waals surface area (Å²) in [7, 11) is 1.25. The third kappa shape index (κ3) is 3.93. The summed E-state index contributed by atoms with van der Waals surface area (Å²) in [6.45, 7) is 2.12. The largest absolute Gasteiger partial charge is 0.543 e. The van der Waals surface area contributed by atoms with Gasteiger partial charge in [0.25, 0.3) is 23.8 Å². The fourth-order valence-corrected chi connectivity index (χ4v) is 5.84. The lowest BCUT2D eigenvalue weighted by Crippen LogP contribution is -2.71. The standard InChI is InChI=1S/C20H19N9O5S2/c1-9-4-3-5-11-27(8-22-29(9)11)6-10-7-35-18-13(17(31)28(18)14(10)19(32)33)23-16(30)12(25-34-2)15-24-20(21)36-26-15/h3-5,8,13,18H,6-7H2,1-2H3,(H3-,21,23,24,26,30,32,33)/b25-12-/t13-,18+/m1/s1. The highest BCUT2D eigenvalue weighted by Gasteiger charge is 2.53. The molecule has 0 saturated carbocycles. The molecule has 186 valence electrons. The van der Waals surface area contributed by atoms with Gasteiger partial charge in [-0.1, -0.05) is 15.7 Å². The van der Waals surface area contributed by atoms with Crippen LogP contribution in [0.2, 0.25) is 0 Å². The van der Waals surface area contributed by atoms with Gasteiger partial charge in [0.1, 0.15) is 24.2 Å². The first kappa shape index (κ1) is 23.7. The molecule has 1 saturated heterocycles. The highest BCUT2D eigenvalue weighted by molar-refractivity contribution is 8.00. The predicted octanol–water partition coefficient (Wildman–Crippen LogP) is -2.18. The molecule has 0 bridgehead atoms. The first-order chi connectivity index (χ1) is 17.3. The Hall–Kier alpha value is -4.05. The lowest BCUT2D eigenvalue weighted by Gasteiger charge is -2.50. The molecule has 14 nitrogen and oxygen atoms in total. The minimum absolute atomic E-state index is 0.0463. The maximum atomic E-state index is 13.0. The molecule has 5 heterocycles. The van der Waals surface area contributed by atoms with Gasteiger partial charge >= 0.3 is 0 Å². The van der Waals surface area contributed by atoms with Crippen molar-refractivity contribution >= 4 is 57.6 Å². The van der Waals surface area contributed by atoms with Crippen LogP contribution in [0.3, 0.4) is 0 Å². The molecule has 1 fully saturated rings. The van der Waals surface area contributed by atoms with Gasteiger partial charge in [-0.2, -0.15) is 9.36 Å². The lowest BCUT2D eigenvalue weighted by atomic mass is 10.0. The zero-order valence-electron chi connectivity index (χ0n) is 18.9. The average Bonchev–Trinajstić information content (AvgIpc) is 3.47. The molecule has 2 aliphatic rings. The predicted molar refractivity (Wildman–Crippen MR) is 125 cm³/mol. The van der Waals surface area contributed by atoms with E-state index < -0.39 is 29.2 Å². The zero-order chi connectivity index (χ0) is 25.6. The Morgan fingerprint density at radius 2 is 2.22 bits per heavy atom. The molecule has 5 rings (SSSR count). The fourth-order valence-electron chi connectivity index (χ4n) is 4.07. The van der Waals surface area contributed by atoms with E-state index in [1.807, 2.05) is 25.1 Å². The Bertz CT molecular complexity index is 1460. The van der Waals surface area contributed by atoms with E-state index >= 15 is 0 Å². The van der Waals surface area contributed by atoms with Crippen LogP contribution >= 0.6 is 23.3 Å². The van der Waals surface area contributed by atoms with E-state index in [1.54, 1.807) is 15.4 Å². The van der Waals surface area contributed by atoms with Gasteiger partial charge in [0.15, 0.2) is 5.13 Å². The van der Waals surface area contributed by atoms with Crippen molar-refractivity contribution in [2.24, 2.45) is 5.16 Å². The first-order valence-corrected chi connectivity index (χ1v) is 12.3. The van der Waals surface area contributed by atoms with Gasteiger partial charge in [0.05, 0.1) is 18.2 Å². The SMILES string of the molecule is CO/N=C(\C(=O)N[C@@H]1C(=O)N2C(C(=O)[O-])=C(C[n+]3cnn4c(C)cccc43)CS[C@@H]12)c1nsc(N)n1. The molecule has 3 aromatic heterocycles. The average molecular weight is 530 g/mol. The molecule has 0 aromatic carbocycles. The molecule has 2 aliphatic heterocycles. The third-order valence-electron chi connectivity index (χ3n) is 5.67. The monoisotopic (exact) mass is 529 g/mol. The third-order valence-corrected chi connectivity index (χ3v) is 7.56. The summed E-state index contributed by atoms with van der Waals surface area (Å²) < 4.78 is 7.49. The number of carbonyl (C=O) groups is 3. The number of hydrogen-bond donors (Lipinski definition) is 2. The molecule has 0 spiro atoms. The smallest absolute Gasteiger partial charge is 0.278 e. The molecule has 0 radical (unpaired) electrons. The van der Waals surface area contributed by atoms with Gasteiger partial charge in [-0.25, -0.2) is 4.57 Å². The molecule has 2 amide bonds. The number of fused-ring (bicyclic) bond motifs is 2. The van der Waals surface area contributed by atoms with Crippen molar-refractivity contribution in [3.63, 3.8) is 0 Å². The summed E-state index contributed by atoms with van der Waals surface area (Å²) in [4.78, 5) is 47.7. The molecular formula is C20H19N9O5S2. The van der Waals surface area contributed by atoms with Crippen LogP contribution in [-0.2, 0) is 25.8 Å². The quantitative estimate of drug-likeness (QED) is 0.148. The number of anilines is 1. The number of nitrogens with zero attached hydrogens (tertiary/aromatic N) is 7. The summed E-state index contributed by atoms with van der Waals surface area (Å²) in [6, 6.07) is 4.67. The van der Waals surface area contributed by atoms with Crippen molar-refractivity contribution < 1.29 is 28.9 Å². The number of nitrogen functional groups attached to an aromatic ring is 1. The van der Waals surface area contributed by atoms with Crippen LogP contribution in [0.4, 0.5) is 5.13 Å². The Morgan fingerprint density at radius 1 is 1.42 bits per heavy atom. The molecule has 36 heavy (non-hydrogen) atoms. The van der Waals surface area contributed by atoms with Crippen LogP contribution in [0.15, 0.2) is 41.0 Å². The highest BCUT2D eigenvalue weighted by Crippen LogP contribution is 2.40. The zero-order valence-corrected chi connectivity index (χ0v) is 20.6. The Labute approximate surface area is 211 Å². The van der Waals surface area contributed by atoms with E-state index in [4.69, 9.17) is 10.6 Å². The number of carboxylic acids is 1. The number of nitrogens with two attached hydrogens (primary N) is 1. The number of hydrogen-bond acceptors (Lipinski definition) is 12. The van der Waals surface area contributed by atoms with Crippen molar-refractivity contribution in [1.29, 1.82) is 0 Å². The number of amides is 2. The summed E-state index contributed by atoms with van der Waals surface area (Å²) in [5, 5.41) is 22.2. The van der Waals surface area contributed by atoms with E-state index in [0.717, 1.165) is 27.8 Å². The van der Waals surface area contributed by atoms with Crippen molar-refractivity contribution in [1.82, 2.24) is 29.2 Å². The number of rotatable bonds is 7. The van der Waals surface area contributed by atoms with Crippen molar-refractivity contribution in [2.75, 3.05) is 18.6 Å². The second-order valence-electron chi connectivity index (χ2n) is 7.88. The maximum Gasteiger partial charge on any atom is 0.278 e. The van der Waals surface area contributed by atoms with Gasteiger partial charge in [0.2, 0.25) is 11.5 Å². The van der Waals surface area contributed by atoms with Gasteiger partial charge in [-0.05, 0) is 18.6 Å². The van der Waals surface area contributed by atoms with E-state index in [2.05, 4.69) is 24.9 Å². The lowest BCUT2D eigenvalue weighted by molar-refractivity contribution is -0.664. The minimum atomic E-state index is -1.47. The highest BCUT2D eigenvalue weighted by atomic mass is 32.2. The minimum Gasteiger partial charge on any atom is -0.543 e. The number of carbonyl (C=O) groups excluding carboxylic acids is 3. The second-order valence-corrected chi connectivity index (χ2v) is 9.76. The Kier molecular flexibility index (Phi) is 6.05. The number of aromatic nitrogens is 5. The Morgan fingerprint density at radius 3 is 2.92 bits per heavy atom. The number of β-lactam (4-membered cyclic amide) rings is 1. The number of pyridine rings is 1. The van der Waals surface area contributed by atoms with Gasteiger partial charge in [-0.3, -0.25) is 14.5 Å². The second kappa shape index (κ2) is 9.19. The van der Waals surface area contributed by atoms with Crippen molar-refractivity contribution in [3.8, 4) is 0 Å². The fraction of sp³-hybridized carbons (Fsp3) is 0.300. The molecular weight excluding hydrogens is 510 g/mol. The van der Waals surface area contributed by atoms with Crippen LogP contribution in [0.1, 0.15) is 11.5 Å². The van der Waals surface area contributed by atoms with Crippen LogP contribution in [0.25, 0.3) is 5.65 Å². The van der Waals surface area contributed by atoms with Gasteiger partial charge < -0.3 is 25.8 Å². The van der Waals surface area contributed by atoms with Crippen molar-refractivity contribution in [2.45, 2.75) is 24.9 Å². The number of thioether (sulfide) groups is 1. The number of aliphatic carboxylic acids is 1. The van der Waals surface area contributed by atoms with Crippen LogP contribution in [0, 0.1) is 6.92 Å². The first-order valence-electron chi connectivity index (χ1n) is 10.5. The van der Waals surface area contributed by atoms with E-state index in [0.29, 0.717) is 11.3 Å². The summed E-state index contributed by atoms with van der Waals surface area (Å²) in [5.74, 6) is -2.54. The maximum absolute atomic E-state index is 13.0. The topological polar surface area (TPSA) is 184 Å². The van der Waals surface area contributed by atoms with E-state index in [1.165, 1.54) is 18.9 Å². The molecule has 3 N–H and O–H groups in total. The molecule has 3 aromatic rings. The van der Waals surface area contributed by atoms with E-state index in [9.17, 15) is 19.5 Å². The molecule has 2 atom stereocenters. The summed E-state index contributed by atoms with van der Waals surface area (Å²) in [6.07, 6.45) is 1.61. The van der Waals surface area contributed by atoms with Crippen LogP contribution in [0.5, 0.6) is 0 Å². The van der Waals surface area contributed by atoms with Gasteiger partial charge in [-0.15, -0.1) is 11.8 Å². The number of nitrogens with one attached hydrogen (secondary N) is 1. The number of aryl methyl sites for hydroxylation is 1. The van der Waals surface area contributed by atoms with E-state index in [-0.39, 0.29) is 28.9 Å². The number of oxime groups is 1. The van der Waals surface area contributed by atoms with Crippen molar-refractivity contribution in [3.05, 3.63) is 47.3 Å². The molecule has 0 aliphatic carbocycles. The molecule has 16 heteroatoms. The van der Waals surface area contributed by atoms with Crippen LogP contribution < -0.4 is 20.7 Å². The Balaban J connectivity index is 1.38. The van der Waals surface area contributed by atoms with Gasteiger partial charge in [0, 0.05) is 28.5 Å². The summed E-state index contributed by atoms with van der Waals surface area (Å²) >= 11 is 2.21. The molecule has 0 unspecified atom stereocenters. The number of carboxylic acid groups (broad SMARTS) is 1.